The molecule has 0 aliphatic carbocycles. The zero-order valence-electron chi connectivity index (χ0n) is 43.2. The highest BCUT2D eigenvalue weighted by Crippen LogP contribution is 2.25. The van der Waals surface area contributed by atoms with Crippen LogP contribution in [0.2, 0.25) is 0 Å². The Labute approximate surface area is 387 Å². The van der Waals surface area contributed by atoms with Gasteiger partial charge in [0.15, 0.2) is 0 Å². The van der Waals surface area contributed by atoms with Crippen LogP contribution in [0.3, 0.4) is 0 Å². The van der Waals surface area contributed by atoms with Crippen molar-refractivity contribution in [2.24, 2.45) is 0 Å². The fraction of sp³-hybridized carbons (Fsp3) is 1.00. The van der Waals surface area contributed by atoms with Crippen LogP contribution in [0.5, 0.6) is 0 Å². The van der Waals surface area contributed by atoms with Gasteiger partial charge in [0, 0.05) is 6.42 Å². The topological polar surface area (TPSA) is 27.7 Å². The second kappa shape index (κ2) is 54.2. The molecular weight excluding hydrogens is 745 g/mol. The summed E-state index contributed by atoms with van der Waals surface area (Å²) in [5.74, 6) is -0.838. The van der Waals surface area contributed by atoms with Crippen LogP contribution in [-0.2, 0) is 14.2 Å². The molecule has 0 aliphatic heterocycles. The quantitative estimate of drug-likeness (QED) is 0.0450. The lowest BCUT2D eigenvalue weighted by Gasteiger charge is -2.33. The van der Waals surface area contributed by atoms with Crippen LogP contribution < -0.4 is 0 Å². The van der Waals surface area contributed by atoms with Gasteiger partial charge in [-0.1, -0.05) is 317 Å². The minimum atomic E-state index is -0.838. The molecule has 3 heteroatoms. The molecule has 0 radical (unpaired) electrons. The van der Waals surface area contributed by atoms with Gasteiger partial charge in [-0.25, -0.2) is 0 Å². The van der Waals surface area contributed by atoms with E-state index >= 15 is 0 Å². The summed E-state index contributed by atoms with van der Waals surface area (Å²) in [6, 6.07) is 0. The standard InChI is InChI=1S/C58H118O3/c1-5-9-12-15-18-21-24-27-30-33-36-39-42-45-48-51-55-59-58(54-8-4,60-56-52-49-46-43-40-37-34-31-28-25-22-19-16-13-10-6-2)61-57-53-50-47-44-41-38-35-32-29-26-23-20-17-14-11-7-3/h5-57H2,1-4H3. The summed E-state index contributed by atoms with van der Waals surface area (Å²) in [7, 11) is 0. The highest BCUT2D eigenvalue weighted by Gasteiger charge is 2.32. The van der Waals surface area contributed by atoms with E-state index in [0.717, 1.165) is 51.9 Å². The van der Waals surface area contributed by atoms with Crippen molar-refractivity contribution in [1.29, 1.82) is 0 Å². The number of hydrogen-bond acceptors (Lipinski definition) is 3. The molecule has 0 heterocycles. The third-order valence-electron chi connectivity index (χ3n) is 13.5. The molecule has 0 fully saturated rings. The first-order valence-corrected chi connectivity index (χ1v) is 29.2. The van der Waals surface area contributed by atoms with Crippen LogP contribution in [-0.4, -0.2) is 25.8 Å². The second-order valence-electron chi connectivity index (χ2n) is 19.9. The van der Waals surface area contributed by atoms with Crippen molar-refractivity contribution in [2.75, 3.05) is 19.8 Å². The highest BCUT2D eigenvalue weighted by molar-refractivity contribution is 4.61. The minimum absolute atomic E-state index is 0.760. The van der Waals surface area contributed by atoms with Crippen LogP contribution in [0.4, 0.5) is 0 Å². The molecule has 0 amide bonds. The van der Waals surface area contributed by atoms with Crippen molar-refractivity contribution in [3.8, 4) is 0 Å². The summed E-state index contributed by atoms with van der Waals surface area (Å²) in [6.07, 6.45) is 68.8. The summed E-state index contributed by atoms with van der Waals surface area (Å²) in [5, 5.41) is 0. The Kier molecular flexibility index (Phi) is 54.1. The third kappa shape index (κ3) is 49.2. The molecule has 0 spiro atoms. The summed E-state index contributed by atoms with van der Waals surface area (Å²) in [4.78, 5) is 0. The maximum atomic E-state index is 6.60. The molecule has 0 rings (SSSR count). The first-order chi connectivity index (χ1) is 30.2. The van der Waals surface area contributed by atoms with Crippen LogP contribution >= 0.6 is 0 Å². The molecule has 368 valence electrons. The Morgan fingerprint density at radius 3 is 0.475 bits per heavy atom. The number of unbranched alkanes of at least 4 members (excludes halogenated alkanes) is 45. The lowest BCUT2D eigenvalue weighted by atomic mass is 10.0. The molecular formula is C58H118O3. The molecule has 0 atom stereocenters. The number of ether oxygens (including phenoxy) is 3. The average Bonchev–Trinajstić information content (AvgIpc) is 3.27. The number of rotatable bonds is 56. The van der Waals surface area contributed by atoms with Crippen LogP contribution in [0, 0.1) is 0 Å². The normalized spacial score (nSPS) is 12.0. The van der Waals surface area contributed by atoms with Gasteiger partial charge in [0.05, 0.1) is 19.8 Å². The second-order valence-corrected chi connectivity index (χ2v) is 19.9. The first-order valence-electron chi connectivity index (χ1n) is 29.2. The van der Waals surface area contributed by atoms with Gasteiger partial charge in [0.1, 0.15) is 0 Å². The van der Waals surface area contributed by atoms with Crippen molar-refractivity contribution >= 4 is 0 Å². The van der Waals surface area contributed by atoms with E-state index in [1.165, 1.54) is 289 Å². The lowest BCUT2D eigenvalue weighted by molar-refractivity contribution is -0.384. The van der Waals surface area contributed by atoms with Gasteiger partial charge in [0.2, 0.25) is 0 Å². The maximum Gasteiger partial charge on any atom is 0.282 e. The fourth-order valence-electron chi connectivity index (χ4n) is 9.28. The van der Waals surface area contributed by atoms with Gasteiger partial charge in [-0.3, -0.25) is 0 Å². The van der Waals surface area contributed by atoms with Gasteiger partial charge in [-0.05, 0) is 25.7 Å². The molecule has 0 aliphatic rings. The molecule has 61 heavy (non-hydrogen) atoms. The minimum Gasteiger partial charge on any atom is -0.327 e. The summed E-state index contributed by atoms with van der Waals surface area (Å²) in [6.45, 7) is 11.5. The van der Waals surface area contributed by atoms with Crippen LogP contribution in [0.15, 0.2) is 0 Å². The van der Waals surface area contributed by atoms with Crippen LogP contribution in [0.25, 0.3) is 0 Å². The Hall–Kier alpha value is -0.120. The molecule has 3 nitrogen and oxygen atoms in total. The van der Waals surface area contributed by atoms with Gasteiger partial charge >= 0.3 is 0 Å². The monoisotopic (exact) mass is 863 g/mol. The van der Waals surface area contributed by atoms with E-state index in [-0.39, 0.29) is 0 Å². The largest absolute Gasteiger partial charge is 0.327 e. The molecule has 0 saturated heterocycles. The molecule has 0 aromatic rings. The van der Waals surface area contributed by atoms with Crippen molar-refractivity contribution in [3.63, 3.8) is 0 Å². The molecule has 0 aromatic heterocycles. The first kappa shape index (κ1) is 60.9. The maximum absolute atomic E-state index is 6.60. The van der Waals surface area contributed by atoms with E-state index in [0.29, 0.717) is 0 Å². The van der Waals surface area contributed by atoms with E-state index in [1.54, 1.807) is 0 Å². The predicted molar refractivity (Wildman–Crippen MR) is 274 cm³/mol. The van der Waals surface area contributed by atoms with E-state index in [9.17, 15) is 0 Å². The highest BCUT2D eigenvalue weighted by atomic mass is 16.9. The summed E-state index contributed by atoms with van der Waals surface area (Å²) >= 11 is 0. The number of hydrogen-bond donors (Lipinski definition) is 0. The zero-order chi connectivity index (χ0) is 44.1. The van der Waals surface area contributed by atoms with E-state index < -0.39 is 5.97 Å². The smallest absolute Gasteiger partial charge is 0.282 e. The lowest BCUT2D eigenvalue weighted by Crippen LogP contribution is -2.40. The van der Waals surface area contributed by atoms with Gasteiger partial charge < -0.3 is 14.2 Å². The van der Waals surface area contributed by atoms with Crippen LogP contribution in [0.1, 0.15) is 349 Å². The van der Waals surface area contributed by atoms with E-state index in [2.05, 4.69) is 27.7 Å². The van der Waals surface area contributed by atoms with Crippen molar-refractivity contribution < 1.29 is 14.2 Å². The average molecular weight is 864 g/mol. The van der Waals surface area contributed by atoms with Gasteiger partial charge in [-0.2, -0.15) is 0 Å². The molecule has 0 saturated carbocycles. The van der Waals surface area contributed by atoms with E-state index in [1.807, 2.05) is 0 Å². The Bertz CT molecular complexity index is 660. The Balaban J connectivity index is 4.30. The summed E-state index contributed by atoms with van der Waals surface area (Å²) < 4.78 is 19.8. The molecule has 0 bridgehead atoms. The SMILES string of the molecule is CCCCCCCCCCCCCCCCCCOC(CCC)(OCCCCCCCCCCCCCCCCCC)OCCCCCCCCCCCCCCCCCC. The third-order valence-corrected chi connectivity index (χ3v) is 13.5. The van der Waals surface area contributed by atoms with E-state index in [4.69, 9.17) is 14.2 Å². The summed E-state index contributed by atoms with van der Waals surface area (Å²) in [5.41, 5.74) is 0. The predicted octanol–water partition coefficient (Wildman–Crippen LogP) is 21.3. The molecule has 0 unspecified atom stereocenters. The molecule has 0 N–H and O–H groups in total. The van der Waals surface area contributed by atoms with Crippen molar-refractivity contribution in [2.45, 2.75) is 355 Å². The fourth-order valence-corrected chi connectivity index (χ4v) is 9.28. The van der Waals surface area contributed by atoms with Gasteiger partial charge in [0.25, 0.3) is 5.97 Å². The van der Waals surface area contributed by atoms with Crippen molar-refractivity contribution in [3.05, 3.63) is 0 Å². The van der Waals surface area contributed by atoms with Gasteiger partial charge in [-0.15, -0.1) is 0 Å². The Morgan fingerprint density at radius 2 is 0.328 bits per heavy atom. The zero-order valence-corrected chi connectivity index (χ0v) is 43.2. The molecule has 0 aromatic carbocycles. The van der Waals surface area contributed by atoms with Crippen molar-refractivity contribution in [1.82, 2.24) is 0 Å². The Morgan fingerprint density at radius 1 is 0.180 bits per heavy atom.